The average Bonchev–Trinajstić information content (AvgIpc) is 3.13. The molecule has 1 atom stereocenters. The Labute approximate surface area is 161 Å². The third-order valence-electron chi connectivity index (χ3n) is 4.00. The molecule has 1 heterocycles. The lowest BCUT2D eigenvalue weighted by molar-refractivity contribution is -0.128. The molecule has 0 bridgehead atoms. The summed E-state index contributed by atoms with van der Waals surface area (Å²) >= 11 is 0. The molecule has 0 aliphatic rings. The summed E-state index contributed by atoms with van der Waals surface area (Å²) in [6.45, 7) is 3.45. The maximum Gasteiger partial charge on any atom is 0.279 e. The largest absolute Gasteiger partial charge is 0.481 e. The van der Waals surface area contributed by atoms with Gasteiger partial charge in [-0.05, 0) is 68.4 Å². The van der Waals surface area contributed by atoms with Crippen LogP contribution < -0.4 is 15.6 Å². The van der Waals surface area contributed by atoms with E-state index >= 15 is 0 Å². The molecule has 0 saturated heterocycles. The normalized spacial score (nSPS) is 11.5. The second-order valence-electron chi connectivity index (χ2n) is 6.09. The van der Waals surface area contributed by atoms with Crippen LogP contribution in [0.3, 0.4) is 0 Å². The number of ether oxygens (including phenoxy) is 1. The van der Waals surface area contributed by atoms with Crippen molar-refractivity contribution in [3.05, 3.63) is 77.9 Å². The molecule has 2 aromatic carbocycles. The number of aryl methyl sites for hydroxylation is 1. The first-order valence-electron chi connectivity index (χ1n) is 8.57. The van der Waals surface area contributed by atoms with E-state index in [1.807, 2.05) is 13.0 Å². The maximum atomic E-state index is 12.9. The summed E-state index contributed by atoms with van der Waals surface area (Å²) in [5, 5.41) is 4.20. The van der Waals surface area contributed by atoms with E-state index in [1.165, 1.54) is 31.2 Å². The van der Waals surface area contributed by atoms with Crippen molar-refractivity contribution in [3.8, 4) is 11.4 Å². The third-order valence-corrected chi connectivity index (χ3v) is 4.00. The molecule has 0 spiro atoms. The lowest BCUT2D eigenvalue weighted by Crippen LogP contribution is -2.47. The number of benzene rings is 2. The van der Waals surface area contributed by atoms with E-state index in [-0.39, 0.29) is 0 Å². The number of carbonyl (C=O) groups is 2. The van der Waals surface area contributed by atoms with Crippen molar-refractivity contribution in [1.82, 2.24) is 20.6 Å². The smallest absolute Gasteiger partial charge is 0.279 e. The number of rotatable bonds is 5. The number of hydrogen-bond acceptors (Lipinski definition) is 4. The van der Waals surface area contributed by atoms with Gasteiger partial charge < -0.3 is 4.74 Å². The van der Waals surface area contributed by atoms with E-state index in [0.29, 0.717) is 11.3 Å². The van der Waals surface area contributed by atoms with Crippen molar-refractivity contribution in [3.63, 3.8) is 0 Å². The highest BCUT2D eigenvalue weighted by Gasteiger charge is 2.16. The van der Waals surface area contributed by atoms with Gasteiger partial charge in [-0.15, -0.1) is 0 Å². The van der Waals surface area contributed by atoms with E-state index in [1.54, 1.807) is 35.1 Å². The molecule has 0 fully saturated rings. The Morgan fingerprint density at radius 2 is 1.71 bits per heavy atom. The summed E-state index contributed by atoms with van der Waals surface area (Å²) < 4.78 is 20.0. The third kappa shape index (κ3) is 4.53. The molecule has 3 rings (SSSR count). The van der Waals surface area contributed by atoms with E-state index in [9.17, 15) is 14.0 Å². The van der Waals surface area contributed by atoms with E-state index in [0.717, 1.165) is 11.4 Å². The van der Waals surface area contributed by atoms with Crippen LogP contribution in [-0.4, -0.2) is 27.7 Å². The Kier molecular flexibility index (Phi) is 5.69. The number of hydrogen-bond donors (Lipinski definition) is 2. The highest BCUT2D eigenvalue weighted by Crippen LogP contribution is 2.13. The number of halogens is 1. The lowest BCUT2D eigenvalue weighted by Gasteiger charge is -2.15. The molecule has 0 aliphatic heterocycles. The minimum Gasteiger partial charge on any atom is -0.481 e. The summed E-state index contributed by atoms with van der Waals surface area (Å²) in [4.78, 5) is 24.3. The molecule has 28 heavy (non-hydrogen) atoms. The van der Waals surface area contributed by atoms with Gasteiger partial charge in [-0.25, -0.2) is 9.07 Å². The minimum atomic E-state index is -0.879. The summed E-state index contributed by atoms with van der Waals surface area (Å²) in [6.07, 6.45) is 0.816. The highest BCUT2D eigenvalue weighted by atomic mass is 19.1. The second kappa shape index (κ2) is 8.34. The zero-order valence-corrected chi connectivity index (χ0v) is 15.3. The number of aromatic nitrogens is 2. The minimum absolute atomic E-state index is 0.347. The topological polar surface area (TPSA) is 85.3 Å². The van der Waals surface area contributed by atoms with Gasteiger partial charge in [0.2, 0.25) is 0 Å². The van der Waals surface area contributed by atoms with Gasteiger partial charge in [-0.2, -0.15) is 5.10 Å². The van der Waals surface area contributed by atoms with Crippen molar-refractivity contribution in [2.75, 3.05) is 0 Å². The quantitative estimate of drug-likeness (QED) is 0.664. The number of hydrazine groups is 1. The zero-order chi connectivity index (χ0) is 20.1. The van der Waals surface area contributed by atoms with Crippen LogP contribution in [0.5, 0.6) is 5.75 Å². The Hall–Kier alpha value is -3.68. The van der Waals surface area contributed by atoms with Gasteiger partial charge in [0.25, 0.3) is 11.8 Å². The summed E-state index contributed by atoms with van der Waals surface area (Å²) in [6, 6.07) is 14.0. The summed E-state index contributed by atoms with van der Waals surface area (Å²) in [5.74, 6) is -1.06. The van der Waals surface area contributed by atoms with Crippen molar-refractivity contribution in [1.29, 1.82) is 0 Å². The van der Waals surface area contributed by atoms with Crippen LogP contribution >= 0.6 is 0 Å². The molecule has 0 saturated carbocycles. The van der Waals surface area contributed by atoms with E-state index in [4.69, 9.17) is 4.74 Å². The first kappa shape index (κ1) is 19.1. The van der Waals surface area contributed by atoms with Crippen molar-refractivity contribution in [2.24, 2.45) is 0 Å². The molecular weight excluding hydrogens is 363 g/mol. The molecule has 1 aromatic heterocycles. The fourth-order valence-electron chi connectivity index (χ4n) is 2.46. The van der Waals surface area contributed by atoms with Crippen LogP contribution in [0.1, 0.15) is 23.0 Å². The van der Waals surface area contributed by atoms with Crippen LogP contribution in [0, 0.1) is 12.7 Å². The molecule has 8 heteroatoms. The first-order valence-corrected chi connectivity index (χ1v) is 8.57. The van der Waals surface area contributed by atoms with E-state index in [2.05, 4.69) is 16.0 Å². The molecule has 1 unspecified atom stereocenters. The van der Waals surface area contributed by atoms with Crippen LogP contribution in [0.25, 0.3) is 5.69 Å². The molecular formula is C20H19FN4O3. The average molecular weight is 382 g/mol. The van der Waals surface area contributed by atoms with Gasteiger partial charge in [0.05, 0.1) is 5.69 Å². The highest BCUT2D eigenvalue weighted by molar-refractivity contribution is 5.95. The Morgan fingerprint density at radius 3 is 2.32 bits per heavy atom. The Morgan fingerprint density at radius 1 is 1.04 bits per heavy atom. The van der Waals surface area contributed by atoms with Crippen LogP contribution in [0.2, 0.25) is 0 Å². The second-order valence-corrected chi connectivity index (χ2v) is 6.09. The van der Waals surface area contributed by atoms with Gasteiger partial charge in [-0.3, -0.25) is 20.4 Å². The molecule has 2 N–H and O–H groups in total. The fourth-order valence-corrected chi connectivity index (χ4v) is 2.46. The molecule has 3 aromatic rings. The standard InChI is InChI=1S/C20H19FN4O3/c1-13-11-12-22-25(13)17-7-3-15(4-8-17)20(27)24-23-19(26)14(2)28-18-9-5-16(21)6-10-18/h3-12,14H,1-2H3,(H,23,26)(H,24,27). The van der Waals surface area contributed by atoms with Crippen molar-refractivity contribution in [2.45, 2.75) is 20.0 Å². The van der Waals surface area contributed by atoms with E-state index < -0.39 is 23.7 Å². The number of nitrogens with zero attached hydrogens (tertiary/aromatic N) is 2. The molecule has 7 nitrogen and oxygen atoms in total. The Balaban J connectivity index is 1.53. The fraction of sp³-hybridized carbons (Fsp3) is 0.150. The number of nitrogens with one attached hydrogen (secondary N) is 2. The lowest BCUT2D eigenvalue weighted by atomic mass is 10.2. The van der Waals surface area contributed by atoms with Gasteiger partial charge in [0.15, 0.2) is 6.10 Å². The summed E-state index contributed by atoms with van der Waals surface area (Å²) in [7, 11) is 0. The van der Waals surface area contributed by atoms with Crippen molar-refractivity contribution < 1.29 is 18.7 Å². The van der Waals surface area contributed by atoms with Crippen LogP contribution in [-0.2, 0) is 4.79 Å². The molecule has 0 radical (unpaired) electrons. The van der Waals surface area contributed by atoms with Gasteiger partial charge in [0.1, 0.15) is 11.6 Å². The Bertz CT molecular complexity index is 968. The van der Waals surface area contributed by atoms with Gasteiger partial charge in [0, 0.05) is 17.5 Å². The first-order chi connectivity index (χ1) is 13.4. The SMILES string of the molecule is Cc1ccnn1-c1ccc(C(=O)NNC(=O)C(C)Oc2ccc(F)cc2)cc1. The molecule has 2 amide bonds. The predicted molar refractivity (Wildman–Crippen MR) is 100 cm³/mol. The number of carbonyl (C=O) groups excluding carboxylic acids is 2. The number of amides is 2. The van der Waals surface area contributed by atoms with Gasteiger partial charge in [-0.1, -0.05) is 0 Å². The summed E-state index contributed by atoms with van der Waals surface area (Å²) in [5.41, 5.74) is 6.82. The molecule has 0 aliphatic carbocycles. The monoisotopic (exact) mass is 382 g/mol. The van der Waals surface area contributed by atoms with Crippen molar-refractivity contribution >= 4 is 11.8 Å². The van der Waals surface area contributed by atoms with Crippen LogP contribution in [0.15, 0.2) is 60.8 Å². The molecule has 144 valence electrons. The maximum absolute atomic E-state index is 12.9. The van der Waals surface area contributed by atoms with Crippen LogP contribution in [0.4, 0.5) is 4.39 Å². The van der Waals surface area contributed by atoms with Gasteiger partial charge >= 0.3 is 0 Å². The predicted octanol–water partition coefficient (Wildman–Crippen LogP) is 2.55. The zero-order valence-electron chi connectivity index (χ0n) is 15.3.